The van der Waals surface area contributed by atoms with Gasteiger partial charge in [0.2, 0.25) is 0 Å². The highest BCUT2D eigenvalue weighted by molar-refractivity contribution is 5.54. The Morgan fingerprint density at radius 3 is 2.61 bits per heavy atom. The van der Waals surface area contributed by atoms with Crippen molar-refractivity contribution in [2.24, 2.45) is 41.5 Å². The summed E-state index contributed by atoms with van der Waals surface area (Å²) in [4.78, 5) is 0. The van der Waals surface area contributed by atoms with Gasteiger partial charge in [0.05, 0.1) is 18.4 Å². The average Bonchev–Trinajstić information content (AvgIpc) is 3.18. The first-order valence-corrected chi connectivity index (χ1v) is 11.4. The second-order valence-electron chi connectivity index (χ2n) is 10.9. The Bertz CT molecular complexity index is 785. The lowest BCUT2D eigenvalue weighted by Crippen LogP contribution is -2.54. The molecule has 4 aliphatic rings. The molecule has 8 atom stereocenters. The molecule has 5 rings (SSSR count). The topological polar surface area (TPSA) is 58.3 Å². The third-order valence-electron chi connectivity index (χ3n) is 9.58. The van der Waals surface area contributed by atoms with Crippen LogP contribution >= 0.6 is 0 Å². The van der Waals surface area contributed by atoms with Crippen molar-refractivity contribution in [2.75, 3.05) is 0 Å². The van der Waals surface area contributed by atoms with E-state index in [9.17, 15) is 10.2 Å². The van der Waals surface area contributed by atoms with E-state index in [1.54, 1.807) is 0 Å². The molecule has 0 aliphatic heterocycles. The van der Waals surface area contributed by atoms with E-state index in [0.29, 0.717) is 17.3 Å². The van der Waals surface area contributed by atoms with Crippen LogP contribution in [0.4, 0.5) is 0 Å². The number of nitrogens with zero attached hydrogens (tertiary/aromatic N) is 2. The summed E-state index contributed by atoms with van der Waals surface area (Å²) in [6.07, 6.45) is 14.9. The van der Waals surface area contributed by atoms with E-state index in [0.717, 1.165) is 43.1 Å². The monoisotopic (exact) mass is 384 g/mol. The lowest BCUT2D eigenvalue weighted by atomic mass is 9.45. The third kappa shape index (κ3) is 2.67. The number of fused-ring (bicyclic) bond motifs is 5. The summed E-state index contributed by atoms with van der Waals surface area (Å²) in [5.74, 6) is 2.78. The Kier molecular flexibility index (Phi) is 4.34. The van der Waals surface area contributed by atoms with Crippen LogP contribution in [-0.2, 0) is 7.05 Å². The van der Waals surface area contributed by atoms with Gasteiger partial charge in [-0.25, -0.2) is 0 Å². The van der Waals surface area contributed by atoms with Crippen molar-refractivity contribution in [1.29, 1.82) is 0 Å². The molecule has 4 aliphatic carbocycles. The third-order valence-corrected chi connectivity index (χ3v) is 9.58. The molecule has 1 aromatic rings. The summed E-state index contributed by atoms with van der Waals surface area (Å²) >= 11 is 0. The SMILES string of the molecule is Cn1cc(/C=C2/C[C@@H]3[C@H]4CC[C@H]5C[C@@H](O)CC[C@]5(C)[C@@H]4CC[C@@]3(C)[C@@H]2O)cn1. The minimum absolute atomic E-state index is 0.0204. The Hall–Kier alpha value is -1.13. The molecule has 4 fully saturated rings. The van der Waals surface area contributed by atoms with E-state index >= 15 is 0 Å². The molecule has 2 N–H and O–H groups in total. The van der Waals surface area contributed by atoms with Crippen molar-refractivity contribution in [3.8, 4) is 0 Å². The Balaban J connectivity index is 1.44. The highest BCUT2D eigenvalue weighted by atomic mass is 16.3. The normalized spacial score (nSPS) is 49.5. The Morgan fingerprint density at radius 1 is 1.07 bits per heavy atom. The minimum Gasteiger partial charge on any atom is -0.393 e. The lowest BCUT2D eigenvalue weighted by molar-refractivity contribution is -0.133. The summed E-state index contributed by atoms with van der Waals surface area (Å²) in [6, 6.07) is 0. The number of rotatable bonds is 1. The standard InChI is InChI=1S/C24H36N2O2/c1-23-8-6-18(27)12-17(23)4-5-19-20(23)7-9-24(2)21(19)11-16(22(24)28)10-15-13-25-26(3)14-15/h10,13-14,17-22,27-28H,4-9,11-12H2,1-3H3/b16-10-/t17-,18-,19-,20+,21+,22+,23-,24+/m0/s1. The molecular weight excluding hydrogens is 348 g/mol. The molecule has 4 saturated carbocycles. The molecule has 0 aromatic carbocycles. The zero-order chi connectivity index (χ0) is 19.7. The van der Waals surface area contributed by atoms with E-state index in [4.69, 9.17) is 0 Å². The smallest absolute Gasteiger partial charge is 0.0809 e. The molecule has 0 amide bonds. The van der Waals surface area contributed by atoms with Crippen LogP contribution < -0.4 is 0 Å². The van der Waals surface area contributed by atoms with Gasteiger partial charge in [-0.1, -0.05) is 19.9 Å². The molecule has 4 nitrogen and oxygen atoms in total. The zero-order valence-corrected chi connectivity index (χ0v) is 17.6. The second-order valence-corrected chi connectivity index (χ2v) is 10.9. The van der Waals surface area contributed by atoms with Gasteiger partial charge in [0, 0.05) is 24.2 Å². The summed E-state index contributed by atoms with van der Waals surface area (Å²) in [5.41, 5.74) is 2.73. The van der Waals surface area contributed by atoms with Gasteiger partial charge in [-0.05, 0) is 86.0 Å². The van der Waals surface area contributed by atoms with Gasteiger partial charge in [-0.3, -0.25) is 4.68 Å². The van der Waals surface area contributed by atoms with Gasteiger partial charge in [0.15, 0.2) is 0 Å². The fourth-order valence-corrected chi connectivity index (χ4v) is 7.96. The maximum Gasteiger partial charge on any atom is 0.0809 e. The molecule has 28 heavy (non-hydrogen) atoms. The van der Waals surface area contributed by atoms with Gasteiger partial charge in [-0.15, -0.1) is 0 Å². The van der Waals surface area contributed by atoms with Crippen LogP contribution in [0.15, 0.2) is 18.0 Å². The number of aromatic nitrogens is 2. The average molecular weight is 385 g/mol. The number of aryl methyl sites for hydroxylation is 1. The van der Waals surface area contributed by atoms with E-state index in [-0.39, 0.29) is 17.6 Å². The van der Waals surface area contributed by atoms with Crippen LogP contribution in [0.25, 0.3) is 6.08 Å². The molecule has 1 aromatic heterocycles. The second kappa shape index (κ2) is 6.43. The zero-order valence-electron chi connectivity index (χ0n) is 17.6. The fraction of sp³-hybridized carbons (Fsp3) is 0.792. The maximum atomic E-state index is 11.3. The Morgan fingerprint density at radius 2 is 1.86 bits per heavy atom. The summed E-state index contributed by atoms with van der Waals surface area (Å²) in [6.45, 7) is 4.88. The number of hydrogen-bond donors (Lipinski definition) is 2. The van der Waals surface area contributed by atoms with E-state index < -0.39 is 0 Å². The van der Waals surface area contributed by atoms with Crippen molar-refractivity contribution in [1.82, 2.24) is 9.78 Å². The van der Waals surface area contributed by atoms with E-state index in [1.165, 1.54) is 31.3 Å². The highest BCUT2D eigenvalue weighted by Gasteiger charge is 2.61. The molecule has 0 unspecified atom stereocenters. The van der Waals surface area contributed by atoms with Crippen molar-refractivity contribution >= 4 is 6.08 Å². The van der Waals surface area contributed by atoms with Gasteiger partial charge in [0.1, 0.15) is 0 Å². The minimum atomic E-state index is -0.322. The first kappa shape index (κ1) is 18.9. The molecular formula is C24H36N2O2. The molecule has 0 bridgehead atoms. The molecule has 4 heteroatoms. The number of aliphatic hydroxyl groups excluding tert-OH is 2. The molecule has 0 spiro atoms. The Labute approximate surface area is 169 Å². The van der Waals surface area contributed by atoms with Gasteiger partial charge in [-0.2, -0.15) is 5.10 Å². The first-order chi connectivity index (χ1) is 13.3. The van der Waals surface area contributed by atoms with Crippen molar-refractivity contribution in [3.63, 3.8) is 0 Å². The van der Waals surface area contributed by atoms with Crippen molar-refractivity contribution in [2.45, 2.75) is 77.4 Å². The highest BCUT2D eigenvalue weighted by Crippen LogP contribution is 2.67. The van der Waals surface area contributed by atoms with Crippen LogP contribution in [0.3, 0.4) is 0 Å². The summed E-state index contributed by atoms with van der Waals surface area (Å²) in [5, 5.41) is 25.8. The molecule has 0 radical (unpaired) electrons. The number of hydrogen-bond acceptors (Lipinski definition) is 3. The maximum absolute atomic E-state index is 11.3. The van der Waals surface area contributed by atoms with Crippen LogP contribution in [0.5, 0.6) is 0 Å². The van der Waals surface area contributed by atoms with E-state index in [1.807, 2.05) is 24.1 Å². The van der Waals surface area contributed by atoms with E-state index in [2.05, 4.69) is 25.0 Å². The van der Waals surface area contributed by atoms with Crippen LogP contribution in [0, 0.1) is 34.5 Å². The quantitative estimate of drug-likeness (QED) is 0.764. The molecule has 0 saturated heterocycles. The fourth-order valence-electron chi connectivity index (χ4n) is 7.96. The predicted molar refractivity (Wildman–Crippen MR) is 110 cm³/mol. The largest absolute Gasteiger partial charge is 0.393 e. The van der Waals surface area contributed by atoms with Crippen LogP contribution in [-0.4, -0.2) is 32.2 Å². The summed E-state index contributed by atoms with van der Waals surface area (Å²) < 4.78 is 1.83. The van der Waals surface area contributed by atoms with Crippen LogP contribution in [0.2, 0.25) is 0 Å². The summed E-state index contributed by atoms with van der Waals surface area (Å²) in [7, 11) is 1.94. The van der Waals surface area contributed by atoms with Gasteiger partial charge in [0.25, 0.3) is 0 Å². The lowest BCUT2D eigenvalue weighted by Gasteiger charge is -2.60. The van der Waals surface area contributed by atoms with Crippen LogP contribution in [0.1, 0.15) is 70.8 Å². The number of aliphatic hydroxyl groups is 2. The van der Waals surface area contributed by atoms with Crippen molar-refractivity contribution < 1.29 is 10.2 Å². The molecule has 154 valence electrons. The van der Waals surface area contributed by atoms with Crippen molar-refractivity contribution in [3.05, 3.63) is 23.5 Å². The first-order valence-electron chi connectivity index (χ1n) is 11.4. The van der Waals surface area contributed by atoms with Gasteiger partial charge >= 0.3 is 0 Å². The predicted octanol–water partition coefficient (Wildman–Crippen LogP) is 4.18. The molecule has 1 heterocycles. The van der Waals surface area contributed by atoms with Gasteiger partial charge < -0.3 is 10.2 Å².